The molecule has 0 aromatic carbocycles. The average molecular weight is 270 g/mol. The molecule has 3 atom stereocenters. The minimum absolute atomic E-state index is 0.0122. The van der Waals surface area contributed by atoms with Gasteiger partial charge in [-0.25, -0.2) is 4.79 Å². The minimum Gasteiger partial charge on any atom is -0.481 e. The van der Waals surface area contributed by atoms with Gasteiger partial charge in [-0.1, -0.05) is 6.92 Å². The number of amides is 2. The Morgan fingerprint density at radius 2 is 1.89 bits per heavy atom. The number of nitrogens with zero attached hydrogens (tertiary/aromatic N) is 1. The number of carbonyl (C=O) groups is 2. The van der Waals surface area contributed by atoms with Crippen LogP contribution in [-0.2, 0) is 4.79 Å². The first kappa shape index (κ1) is 15.8. The number of likely N-dealkylation sites (tertiary alicyclic amines) is 1. The van der Waals surface area contributed by atoms with Crippen molar-refractivity contribution in [1.29, 1.82) is 0 Å². The fraction of sp³-hybridized carbons (Fsp3) is 0.857. The number of rotatable bonds is 5. The largest absolute Gasteiger partial charge is 0.481 e. The lowest BCUT2D eigenvalue weighted by Gasteiger charge is -2.39. The molecule has 19 heavy (non-hydrogen) atoms. The summed E-state index contributed by atoms with van der Waals surface area (Å²) in [6.45, 7) is 6.68. The van der Waals surface area contributed by atoms with Gasteiger partial charge in [-0.15, -0.1) is 0 Å². The summed E-state index contributed by atoms with van der Waals surface area (Å²) in [6.07, 6.45) is 4.06. The number of nitrogens with one attached hydrogen (secondary N) is 1. The van der Waals surface area contributed by atoms with Crippen molar-refractivity contribution in [2.45, 2.75) is 65.0 Å². The Morgan fingerprint density at radius 1 is 1.32 bits per heavy atom. The lowest BCUT2D eigenvalue weighted by Crippen LogP contribution is -2.52. The molecule has 0 aromatic heterocycles. The maximum Gasteiger partial charge on any atom is 0.317 e. The molecule has 1 saturated heterocycles. The van der Waals surface area contributed by atoms with Gasteiger partial charge in [0.2, 0.25) is 0 Å². The van der Waals surface area contributed by atoms with E-state index in [1.807, 2.05) is 11.8 Å². The quantitative estimate of drug-likeness (QED) is 0.806. The molecule has 1 fully saturated rings. The number of aliphatic carboxylic acids is 1. The molecule has 1 rings (SSSR count). The second kappa shape index (κ2) is 7.36. The van der Waals surface area contributed by atoms with Crippen molar-refractivity contribution >= 4 is 12.0 Å². The van der Waals surface area contributed by atoms with Gasteiger partial charge in [0.05, 0.1) is 0 Å². The number of carboxylic acids is 1. The van der Waals surface area contributed by atoms with Crippen LogP contribution < -0.4 is 5.32 Å². The van der Waals surface area contributed by atoms with Gasteiger partial charge in [0.25, 0.3) is 0 Å². The fourth-order valence-corrected chi connectivity index (χ4v) is 2.65. The first-order chi connectivity index (χ1) is 8.91. The summed E-state index contributed by atoms with van der Waals surface area (Å²) in [6, 6.07) is 0.568. The van der Waals surface area contributed by atoms with Crippen LogP contribution in [0.5, 0.6) is 0 Å². The zero-order chi connectivity index (χ0) is 14.4. The van der Waals surface area contributed by atoms with Gasteiger partial charge < -0.3 is 15.3 Å². The van der Waals surface area contributed by atoms with E-state index >= 15 is 0 Å². The highest BCUT2D eigenvalue weighted by molar-refractivity contribution is 5.75. The molecular formula is C14H26N2O3. The summed E-state index contributed by atoms with van der Waals surface area (Å²) < 4.78 is 0. The normalized spacial score (nSPS) is 24.9. The average Bonchev–Trinajstić information content (AvgIpc) is 2.33. The molecule has 5 nitrogen and oxygen atoms in total. The van der Waals surface area contributed by atoms with E-state index in [0.29, 0.717) is 13.0 Å². The maximum absolute atomic E-state index is 12.2. The van der Waals surface area contributed by atoms with Gasteiger partial charge in [0.1, 0.15) is 0 Å². The van der Waals surface area contributed by atoms with Crippen molar-refractivity contribution in [3.63, 3.8) is 0 Å². The van der Waals surface area contributed by atoms with Gasteiger partial charge >= 0.3 is 12.0 Å². The van der Waals surface area contributed by atoms with Gasteiger partial charge in [0, 0.05) is 25.0 Å². The Morgan fingerprint density at radius 3 is 2.42 bits per heavy atom. The third-order valence-corrected chi connectivity index (χ3v) is 3.88. The standard InChI is InChI=1S/C14H26N2O3/c1-10(7-8-13(17)18)9-15-14(19)16-11(2)5-4-6-12(16)3/h10-12H,4-9H2,1-3H3,(H,15,19)(H,17,18). The zero-order valence-corrected chi connectivity index (χ0v) is 12.2. The molecule has 0 bridgehead atoms. The van der Waals surface area contributed by atoms with E-state index < -0.39 is 5.97 Å². The lowest BCUT2D eigenvalue weighted by atomic mass is 9.98. The summed E-state index contributed by atoms with van der Waals surface area (Å²) in [5.74, 6) is -0.591. The predicted octanol–water partition coefficient (Wildman–Crippen LogP) is 2.46. The molecule has 0 spiro atoms. The summed E-state index contributed by atoms with van der Waals surface area (Å²) in [5.41, 5.74) is 0. The third kappa shape index (κ3) is 5.09. The Balaban J connectivity index is 2.35. The molecule has 0 radical (unpaired) electrons. The molecule has 0 aromatic rings. The Hall–Kier alpha value is -1.26. The minimum atomic E-state index is -0.781. The molecule has 1 heterocycles. The van der Waals surface area contributed by atoms with Crippen LogP contribution in [0.3, 0.4) is 0 Å². The number of piperidine rings is 1. The van der Waals surface area contributed by atoms with E-state index in [2.05, 4.69) is 19.2 Å². The SMILES string of the molecule is CC(CCC(=O)O)CNC(=O)N1C(C)CCCC1C. The highest BCUT2D eigenvalue weighted by Crippen LogP contribution is 2.22. The Kier molecular flexibility index (Phi) is 6.12. The van der Waals surface area contributed by atoms with Crippen LogP contribution in [0.25, 0.3) is 0 Å². The molecule has 2 N–H and O–H groups in total. The molecule has 0 aliphatic carbocycles. The first-order valence-electron chi connectivity index (χ1n) is 7.19. The van der Waals surface area contributed by atoms with E-state index in [4.69, 9.17) is 5.11 Å². The van der Waals surface area contributed by atoms with E-state index in [9.17, 15) is 9.59 Å². The van der Waals surface area contributed by atoms with Gasteiger partial charge in [-0.2, -0.15) is 0 Å². The van der Waals surface area contributed by atoms with Crippen LogP contribution in [0.4, 0.5) is 4.79 Å². The Bertz CT molecular complexity index is 310. The highest BCUT2D eigenvalue weighted by Gasteiger charge is 2.28. The number of carbonyl (C=O) groups excluding carboxylic acids is 1. The number of hydrogen-bond donors (Lipinski definition) is 2. The van der Waals surface area contributed by atoms with E-state index in [-0.39, 0.29) is 30.5 Å². The predicted molar refractivity (Wildman–Crippen MR) is 74.0 cm³/mol. The van der Waals surface area contributed by atoms with Crippen molar-refractivity contribution in [3.05, 3.63) is 0 Å². The molecule has 1 aliphatic heterocycles. The Labute approximate surface area is 115 Å². The fourth-order valence-electron chi connectivity index (χ4n) is 2.65. The monoisotopic (exact) mass is 270 g/mol. The number of hydrogen-bond acceptors (Lipinski definition) is 2. The van der Waals surface area contributed by atoms with Crippen molar-refractivity contribution in [1.82, 2.24) is 10.2 Å². The molecule has 2 amide bonds. The summed E-state index contributed by atoms with van der Waals surface area (Å²) in [5, 5.41) is 11.5. The second-order valence-electron chi connectivity index (χ2n) is 5.76. The molecule has 110 valence electrons. The van der Waals surface area contributed by atoms with E-state index in [1.165, 1.54) is 6.42 Å². The summed E-state index contributed by atoms with van der Waals surface area (Å²) in [4.78, 5) is 24.6. The lowest BCUT2D eigenvalue weighted by molar-refractivity contribution is -0.137. The van der Waals surface area contributed by atoms with E-state index in [0.717, 1.165) is 12.8 Å². The maximum atomic E-state index is 12.2. The topological polar surface area (TPSA) is 69.6 Å². The third-order valence-electron chi connectivity index (χ3n) is 3.88. The van der Waals surface area contributed by atoms with Crippen LogP contribution >= 0.6 is 0 Å². The van der Waals surface area contributed by atoms with Crippen LogP contribution in [0.15, 0.2) is 0 Å². The van der Waals surface area contributed by atoms with Gasteiger partial charge in [-0.05, 0) is 45.4 Å². The molecular weight excluding hydrogens is 244 g/mol. The second-order valence-corrected chi connectivity index (χ2v) is 5.76. The van der Waals surface area contributed by atoms with Crippen molar-refractivity contribution in [2.75, 3.05) is 6.54 Å². The first-order valence-corrected chi connectivity index (χ1v) is 7.19. The summed E-state index contributed by atoms with van der Waals surface area (Å²) in [7, 11) is 0. The van der Waals surface area contributed by atoms with Crippen molar-refractivity contribution in [2.24, 2.45) is 5.92 Å². The number of carboxylic acid groups (broad SMARTS) is 1. The summed E-state index contributed by atoms with van der Waals surface area (Å²) >= 11 is 0. The molecule has 0 saturated carbocycles. The van der Waals surface area contributed by atoms with Gasteiger partial charge in [0.15, 0.2) is 0 Å². The smallest absolute Gasteiger partial charge is 0.317 e. The van der Waals surface area contributed by atoms with Crippen LogP contribution in [0.1, 0.15) is 52.9 Å². The zero-order valence-electron chi connectivity index (χ0n) is 12.2. The van der Waals surface area contributed by atoms with Crippen LogP contribution in [0, 0.1) is 5.92 Å². The van der Waals surface area contributed by atoms with Crippen molar-refractivity contribution in [3.8, 4) is 0 Å². The number of urea groups is 1. The molecule has 5 heteroatoms. The molecule has 3 unspecified atom stereocenters. The van der Waals surface area contributed by atoms with Crippen LogP contribution in [0.2, 0.25) is 0 Å². The van der Waals surface area contributed by atoms with Crippen molar-refractivity contribution < 1.29 is 14.7 Å². The van der Waals surface area contributed by atoms with Crippen LogP contribution in [-0.4, -0.2) is 40.6 Å². The molecule has 1 aliphatic rings. The highest BCUT2D eigenvalue weighted by atomic mass is 16.4. The van der Waals surface area contributed by atoms with Gasteiger partial charge in [-0.3, -0.25) is 4.79 Å². The van der Waals surface area contributed by atoms with E-state index in [1.54, 1.807) is 0 Å².